The highest BCUT2D eigenvalue weighted by Crippen LogP contribution is 2.27. The van der Waals surface area contributed by atoms with Gasteiger partial charge in [-0.3, -0.25) is 4.90 Å². The third kappa shape index (κ3) is 3.03. The van der Waals surface area contributed by atoms with Crippen LogP contribution in [-0.2, 0) is 13.1 Å². The van der Waals surface area contributed by atoms with E-state index in [1.807, 2.05) is 4.68 Å². The van der Waals surface area contributed by atoms with Gasteiger partial charge < -0.3 is 5.32 Å². The molecule has 2 atom stereocenters. The average molecular weight is 311 g/mol. The SMILES string of the molecule is Cc1cc(C)c(Cn2cncn2)cc1CN1C[C@@H]2CCN[C@@H]2C1. The van der Waals surface area contributed by atoms with Gasteiger partial charge in [0.1, 0.15) is 12.7 Å². The van der Waals surface area contributed by atoms with E-state index in [2.05, 4.69) is 46.3 Å². The van der Waals surface area contributed by atoms with Gasteiger partial charge >= 0.3 is 0 Å². The molecule has 3 heterocycles. The molecule has 2 aliphatic heterocycles. The first-order valence-electron chi connectivity index (χ1n) is 8.56. The summed E-state index contributed by atoms with van der Waals surface area (Å²) in [6, 6.07) is 5.40. The Labute approximate surface area is 137 Å². The van der Waals surface area contributed by atoms with E-state index in [0.717, 1.165) is 25.0 Å². The van der Waals surface area contributed by atoms with E-state index in [0.29, 0.717) is 0 Å². The summed E-state index contributed by atoms with van der Waals surface area (Å²) in [5.74, 6) is 0.857. The summed E-state index contributed by atoms with van der Waals surface area (Å²) < 4.78 is 1.89. The Morgan fingerprint density at radius 2 is 1.96 bits per heavy atom. The molecule has 0 unspecified atom stereocenters. The second-order valence-electron chi connectivity index (χ2n) is 7.10. The third-order valence-electron chi connectivity index (χ3n) is 5.43. The molecule has 2 saturated heterocycles. The molecule has 5 heteroatoms. The molecule has 2 fully saturated rings. The van der Waals surface area contributed by atoms with Crippen molar-refractivity contribution in [3.05, 3.63) is 47.0 Å². The molecular weight excluding hydrogens is 286 g/mol. The van der Waals surface area contributed by atoms with Gasteiger partial charge in [0.25, 0.3) is 0 Å². The van der Waals surface area contributed by atoms with Crippen LogP contribution in [-0.4, -0.2) is 45.3 Å². The van der Waals surface area contributed by atoms with Gasteiger partial charge in [0.15, 0.2) is 0 Å². The van der Waals surface area contributed by atoms with E-state index in [9.17, 15) is 0 Å². The van der Waals surface area contributed by atoms with Crippen LogP contribution in [0.15, 0.2) is 24.8 Å². The molecule has 0 bridgehead atoms. The highest BCUT2D eigenvalue weighted by molar-refractivity contribution is 5.37. The largest absolute Gasteiger partial charge is 0.312 e. The maximum absolute atomic E-state index is 4.23. The van der Waals surface area contributed by atoms with Gasteiger partial charge in [-0.1, -0.05) is 12.1 Å². The standard InChI is InChI=1S/C18H25N5/c1-13-5-14(2)17(9-23-12-19-11-21-23)6-16(13)8-22-7-15-3-4-20-18(15)10-22/h5-6,11-12,15,18,20H,3-4,7-10H2,1-2H3/t15-,18+/m0/s1. The van der Waals surface area contributed by atoms with Crippen molar-refractivity contribution in [2.24, 2.45) is 5.92 Å². The van der Waals surface area contributed by atoms with E-state index in [1.54, 1.807) is 12.7 Å². The Balaban J connectivity index is 1.51. The molecule has 23 heavy (non-hydrogen) atoms. The molecule has 122 valence electrons. The van der Waals surface area contributed by atoms with Crippen molar-refractivity contribution in [1.82, 2.24) is 25.0 Å². The molecule has 2 aliphatic rings. The van der Waals surface area contributed by atoms with Crippen LogP contribution in [0.3, 0.4) is 0 Å². The van der Waals surface area contributed by atoms with Crippen molar-refractivity contribution >= 4 is 0 Å². The number of hydrogen-bond donors (Lipinski definition) is 1. The Kier molecular flexibility index (Phi) is 3.91. The normalized spacial score (nSPS) is 24.3. The molecular formula is C18H25N5. The zero-order valence-corrected chi connectivity index (χ0v) is 14.0. The van der Waals surface area contributed by atoms with Crippen molar-refractivity contribution in [3.8, 4) is 0 Å². The van der Waals surface area contributed by atoms with Crippen molar-refractivity contribution in [2.45, 2.75) is 39.4 Å². The first-order chi connectivity index (χ1) is 11.2. The first kappa shape index (κ1) is 14.8. The van der Waals surface area contributed by atoms with E-state index in [-0.39, 0.29) is 0 Å². The fourth-order valence-corrected chi connectivity index (χ4v) is 4.09. The molecule has 1 N–H and O–H groups in total. The molecule has 1 aromatic heterocycles. The van der Waals surface area contributed by atoms with Crippen molar-refractivity contribution in [2.75, 3.05) is 19.6 Å². The topological polar surface area (TPSA) is 46.0 Å². The molecule has 0 amide bonds. The third-order valence-corrected chi connectivity index (χ3v) is 5.43. The van der Waals surface area contributed by atoms with Crippen LogP contribution in [0.4, 0.5) is 0 Å². The Bertz CT molecular complexity index is 667. The summed E-state index contributed by atoms with van der Waals surface area (Å²) in [5.41, 5.74) is 5.52. The lowest BCUT2D eigenvalue weighted by molar-refractivity contribution is 0.306. The number of fused-ring (bicyclic) bond motifs is 1. The van der Waals surface area contributed by atoms with E-state index < -0.39 is 0 Å². The summed E-state index contributed by atoms with van der Waals surface area (Å²) in [6.07, 6.45) is 4.72. The van der Waals surface area contributed by atoms with Gasteiger partial charge in [0.05, 0.1) is 6.54 Å². The smallest absolute Gasteiger partial charge is 0.137 e. The number of likely N-dealkylation sites (tertiary alicyclic amines) is 1. The monoisotopic (exact) mass is 311 g/mol. The van der Waals surface area contributed by atoms with E-state index in [1.165, 1.54) is 48.3 Å². The maximum Gasteiger partial charge on any atom is 0.137 e. The van der Waals surface area contributed by atoms with Crippen LogP contribution in [0.25, 0.3) is 0 Å². The summed E-state index contributed by atoms with van der Waals surface area (Å²) in [5, 5.41) is 7.87. The van der Waals surface area contributed by atoms with Crippen LogP contribution in [0.2, 0.25) is 0 Å². The molecule has 2 aromatic rings. The van der Waals surface area contributed by atoms with Gasteiger partial charge in [0, 0.05) is 25.7 Å². The summed E-state index contributed by atoms with van der Waals surface area (Å²) in [4.78, 5) is 6.65. The molecule has 4 rings (SSSR count). The number of nitrogens with one attached hydrogen (secondary N) is 1. The number of rotatable bonds is 4. The fourth-order valence-electron chi connectivity index (χ4n) is 4.09. The van der Waals surface area contributed by atoms with Crippen LogP contribution in [0.5, 0.6) is 0 Å². The predicted octanol–water partition coefficient (Wildman–Crippen LogP) is 1.74. The predicted molar refractivity (Wildman–Crippen MR) is 90.2 cm³/mol. The zero-order valence-electron chi connectivity index (χ0n) is 14.0. The molecule has 5 nitrogen and oxygen atoms in total. The minimum Gasteiger partial charge on any atom is -0.312 e. The number of aryl methyl sites for hydroxylation is 2. The second-order valence-corrected chi connectivity index (χ2v) is 7.10. The molecule has 1 aromatic carbocycles. The number of nitrogens with zero attached hydrogens (tertiary/aromatic N) is 4. The number of aromatic nitrogens is 3. The summed E-state index contributed by atoms with van der Waals surface area (Å²) in [6.45, 7) is 9.91. The van der Waals surface area contributed by atoms with Gasteiger partial charge in [-0.25, -0.2) is 9.67 Å². The first-order valence-corrected chi connectivity index (χ1v) is 8.56. The van der Waals surface area contributed by atoms with Crippen LogP contribution in [0, 0.1) is 19.8 Å². The highest BCUT2D eigenvalue weighted by atomic mass is 15.3. The van der Waals surface area contributed by atoms with E-state index in [4.69, 9.17) is 0 Å². The lowest BCUT2D eigenvalue weighted by atomic mass is 9.99. The van der Waals surface area contributed by atoms with Gasteiger partial charge in [-0.15, -0.1) is 0 Å². The highest BCUT2D eigenvalue weighted by Gasteiger charge is 2.35. The fraction of sp³-hybridized carbons (Fsp3) is 0.556. The summed E-state index contributed by atoms with van der Waals surface area (Å²) >= 11 is 0. The molecule has 0 saturated carbocycles. The van der Waals surface area contributed by atoms with Crippen LogP contribution < -0.4 is 5.32 Å². The molecule has 0 radical (unpaired) electrons. The maximum atomic E-state index is 4.23. The van der Waals surface area contributed by atoms with Crippen molar-refractivity contribution in [3.63, 3.8) is 0 Å². The second kappa shape index (κ2) is 6.06. The Morgan fingerprint density at radius 3 is 2.70 bits per heavy atom. The van der Waals surface area contributed by atoms with Gasteiger partial charge in [0.2, 0.25) is 0 Å². The zero-order chi connectivity index (χ0) is 15.8. The quantitative estimate of drug-likeness (QED) is 0.934. The molecule has 0 spiro atoms. The van der Waals surface area contributed by atoms with Gasteiger partial charge in [-0.2, -0.15) is 5.10 Å². The van der Waals surface area contributed by atoms with Crippen molar-refractivity contribution < 1.29 is 0 Å². The van der Waals surface area contributed by atoms with E-state index >= 15 is 0 Å². The minimum absolute atomic E-state index is 0.718. The number of benzene rings is 1. The van der Waals surface area contributed by atoms with Crippen LogP contribution in [0.1, 0.15) is 28.7 Å². The van der Waals surface area contributed by atoms with Crippen LogP contribution >= 0.6 is 0 Å². The average Bonchev–Trinajstić information content (AvgIpc) is 3.20. The number of hydrogen-bond acceptors (Lipinski definition) is 4. The lowest BCUT2D eigenvalue weighted by Gasteiger charge is -2.20. The molecule has 0 aliphatic carbocycles. The minimum atomic E-state index is 0.718. The Hall–Kier alpha value is -1.72. The van der Waals surface area contributed by atoms with Gasteiger partial charge in [-0.05, 0) is 55.0 Å². The Morgan fingerprint density at radius 1 is 1.13 bits per heavy atom. The summed E-state index contributed by atoms with van der Waals surface area (Å²) in [7, 11) is 0. The lowest BCUT2D eigenvalue weighted by Crippen LogP contribution is -2.30. The van der Waals surface area contributed by atoms with Crippen molar-refractivity contribution in [1.29, 1.82) is 0 Å².